The van der Waals surface area contributed by atoms with Crippen molar-refractivity contribution in [2.75, 3.05) is 37.4 Å². The number of rotatable bonds is 5. The summed E-state index contributed by atoms with van der Waals surface area (Å²) < 4.78 is 70.8. The molecule has 41 heavy (non-hydrogen) atoms. The monoisotopic (exact) mass is 586 g/mol. The highest BCUT2D eigenvalue weighted by Gasteiger charge is 2.38. The van der Waals surface area contributed by atoms with Crippen LogP contribution in [0.1, 0.15) is 34.6 Å². The summed E-state index contributed by atoms with van der Waals surface area (Å²) in [6.45, 7) is 3.54. The molecule has 0 aliphatic carbocycles. The van der Waals surface area contributed by atoms with E-state index in [2.05, 4.69) is 44.2 Å². The average molecular weight is 587 g/mol. The molecule has 1 aromatic carbocycles. The van der Waals surface area contributed by atoms with Gasteiger partial charge < -0.3 is 25.2 Å². The summed E-state index contributed by atoms with van der Waals surface area (Å²) >= 11 is 0. The molecule has 4 rings (SSSR count). The van der Waals surface area contributed by atoms with E-state index in [0.29, 0.717) is 17.6 Å². The highest BCUT2D eigenvalue weighted by molar-refractivity contribution is 6.03. The van der Waals surface area contributed by atoms with Crippen LogP contribution in [-0.4, -0.2) is 76.2 Å². The van der Waals surface area contributed by atoms with E-state index in [1.165, 1.54) is 12.1 Å². The number of nitrogens with one attached hydrogen (secondary N) is 2. The summed E-state index contributed by atoms with van der Waals surface area (Å²) in [6, 6.07) is 9.06. The molecular formula is C26H28F6N6O3. The Morgan fingerprint density at radius 2 is 1.71 bits per heavy atom. The second kappa shape index (κ2) is 12.6. The Morgan fingerprint density at radius 3 is 2.22 bits per heavy atom. The molecule has 3 N–H and O–H groups in total. The summed E-state index contributed by atoms with van der Waals surface area (Å²) in [4.78, 5) is 37.7. The normalized spacial score (nSPS) is 14.4. The van der Waals surface area contributed by atoms with Gasteiger partial charge in [0.25, 0.3) is 5.91 Å². The molecule has 9 nitrogen and oxygen atoms in total. The van der Waals surface area contributed by atoms with Crippen molar-refractivity contribution in [2.45, 2.75) is 38.2 Å². The number of nitrogens with zero attached hydrogens (tertiary/aromatic N) is 4. The summed E-state index contributed by atoms with van der Waals surface area (Å²) in [6.07, 6.45) is -5.65. The van der Waals surface area contributed by atoms with Crippen molar-refractivity contribution < 1.29 is 41.0 Å². The number of benzene rings is 1. The summed E-state index contributed by atoms with van der Waals surface area (Å²) in [5, 5.41) is 9.84. The molecular weight excluding hydrogens is 558 g/mol. The predicted molar refractivity (Wildman–Crippen MR) is 139 cm³/mol. The van der Waals surface area contributed by atoms with Crippen molar-refractivity contribution in [3.8, 4) is 11.4 Å². The SMILES string of the molecule is Cc1[nH]c(-c2cccc(C(F)(F)F)c2)nc1C(=O)Nc1ccc(N2CCC(N(C)C)CC2)cn1.O=C(O)C(F)(F)F. The van der Waals surface area contributed by atoms with Crippen LogP contribution in [0.15, 0.2) is 42.6 Å². The first-order chi connectivity index (χ1) is 19.1. The number of anilines is 2. The number of carboxylic acids is 1. The van der Waals surface area contributed by atoms with Crippen molar-refractivity contribution in [3.05, 3.63) is 59.5 Å². The van der Waals surface area contributed by atoms with E-state index in [1.807, 2.05) is 6.07 Å². The number of halogens is 6. The van der Waals surface area contributed by atoms with Crippen molar-refractivity contribution >= 4 is 23.4 Å². The number of aromatic amines is 1. The van der Waals surface area contributed by atoms with Crippen molar-refractivity contribution in [1.82, 2.24) is 19.9 Å². The Bertz CT molecular complexity index is 1350. The number of imidazole rings is 1. The van der Waals surface area contributed by atoms with Gasteiger partial charge in [0, 0.05) is 30.4 Å². The summed E-state index contributed by atoms with van der Waals surface area (Å²) in [5.74, 6) is -2.68. The summed E-state index contributed by atoms with van der Waals surface area (Å²) in [7, 11) is 4.20. The van der Waals surface area contributed by atoms with Crippen LogP contribution in [0.4, 0.5) is 37.8 Å². The van der Waals surface area contributed by atoms with E-state index in [0.717, 1.165) is 43.8 Å². The highest BCUT2D eigenvalue weighted by atomic mass is 19.4. The molecule has 2 aromatic heterocycles. The van der Waals surface area contributed by atoms with E-state index in [1.54, 1.807) is 19.2 Å². The van der Waals surface area contributed by atoms with Crippen LogP contribution in [0.5, 0.6) is 0 Å². The number of alkyl halides is 6. The van der Waals surface area contributed by atoms with Gasteiger partial charge in [0.1, 0.15) is 17.3 Å². The lowest BCUT2D eigenvalue weighted by Crippen LogP contribution is -2.42. The van der Waals surface area contributed by atoms with Crippen molar-refractivity contribution in [3.63, 3.8) is 0 Å². The second-order valence-electron chi connectivity index (χ2n) is 9.48. The van der Waals surface area contributed by atoms with Gasteiger partial charge in [0.15, 0.2) is 0 Å². The smallest absolute Gasteiger partial charge is 0.475 e. The molecule has 3 heterocycles. The number of carbonyl (C=O) groups excluding carboxylic acids is 1. The molecule has 0 spiro atoms. The minimum atomic E-state index is -5.08. The minimum absolute atomic E-state index is 0.101. The Hall–Kier alpha value is -4.14. The van der Waals surface area contributed by atoms with E-state index in [-0.39, 0.29) is 17.1 Å². The average Bonchev–Trinajstić information content (AvgIpc) is 3.30. The molecule has 1 amide bonds. The van der Waals surface area contributed by atoms with Gasteiger partial charge in [-0.25, -0.2) is 14.8 Å². The molecule has 1 aliphatic rings. The zero-order valence-corrected chi connectivity index (χ0v) is 22.3. The quantitative estimate of drug-likeness (QED) is 0.352. The van der Waals surface area contributed by atoms with Crippen molar-refractivity contribution in [1.29, 1.82) is 0 Å². The molecule has 1 saturated heterocycles. The first-order valence-corrected chi connectivity index (χ1v) is 12.3. The molecule has 1 fully saturated rings. The lowest BCUT2D eigenvalue weighted by molar-refractivity contribution is -0.192. The number of pyridine rings is 1. The van der Waals surface area contributed by atoms with E-state index in [4.69, 9.17) is 9.90 Å². The third-order valence-electron chi connectivity index (χ3n) is 6.36. The van der Waals surface area contributed by atoms with Gasteiger partial charge in [0.2, 0.25) is 0 Å². The van der Waals surface area contributed by atoms with Gasteiger partial charge >= 0.3 is 18.3 Å². The zero-order chi connectivity index (χ0) is 30.5. The first-order valence-electron chi connectivity index (χ1n) is 12.3. The fraction of sp³-hybridized carbons (Fsp3) is 0.385. The van der Waals surface area contributed by atoms with Crippen LogP contribution in [-0.2, 0) is 11.0 Å². The number of piperidine rings is 1. The molecule has 0 saturated carbocycles. The Labute approximate surface area is 231 Å². The topological polar surface area (TPSA) is 114 Å². The Balaban J connectivity index is 0.000000587. The van der Waals surface area contributed by atoms with E-state index in [9.17, 15) is 31.1 Å². The maximum Gasteiger partial charge on any atom is 0.490 e. The second-order valence-corrected chi connectivity index (χ2v) is 9.48. The molecule has 15 heteroatoms. The van der Waals surface area contributed by atoms with Crippen LogP contribution in [0.2, 0.25) is 0 Å². The molecule has 1 aliphatic heterocycles. The maximum absolute atomic E-state index is 13.0. The van der Waals surface area contributed by atoms with Crippen LogP contribution >= 0.6 is 0 Å². The van der Waals surface area contributed by atoms with Gasteiger partial charge in [-0.05, 0) is 58.1 Å². The standard InChI is InChI=1S/C24H27F3N6O.C2HF3O2/c1-15-21(31-22(29-15)16-5-4-6-17(13-16)24(25,26)27)23(34)30-20-8-7-19(14-28-20)33-11-9-18(10-12-33)32(2)3;3-2(4,5)1(6)7/h4-8,13-14,18H,9-12H2,1-3H3,(H,29,31)(H,28,30,34);(H,6,7). The third-order valence-corrected chi connectivity index (χ3v) is 6.36. The molecule has 0 atom stereocenters. The fourth-order valence-electron chi connectivity index (χ4n) is 4.12. The van der Waals surface area contributed by atoms with Gasteiger partial charge in [-0.15, -0.1) is 0 Å². The molecule has 0 bridgehead atoms. The molecule has 222 valence electrons. The number of aliphatic carboxylic acids is 1. The minimum Gasteiger partial charge on any atom is -0.475 e. The number of H-pyrrole nitrogens is 1. The molecule has 0 unspecified atom stereocenters. The summed E-state index contributed by atoms with van der Waals surface area (Å²) in [5.41, 5.74) is 1.02. The first kappa shape index (κ1) is 31.4. The number of hydrogen-bond acceptors (Lipinski definition) is 6. The zero-order valence-electron chi connectivity index (χ0n) is 22.3. The number of aryl methyl sites for hydroxylation is 1. The van der Waals surface area contributed by atoms with Gasteiger partial charge in [-0.3, -0.25) is 4.79 Å². The van der Waals surface area contributed by atoms with Crippen LogP contribution in [0.3, 0.4) is 0 Å². The van der Waals surface area contributed by atoms with Gasteiger partial charge in [-0.1, -0.05) is 12.1 Å². The predicted octanol–water partition coefficient (Wildman–Crippen LogP) is 5.21. The Kier molecular flexibility index (Phi) is 9.63. The lowest BCUT2D eigenvalue weighted by atomic mass is 10.0. The van der Waals surface area contributed by atoms with Crippen LogP contribution < -0.4 is 10.2 Å². The maximum atomic E-state index is 13.0. The number of carbonyl (C=O) groups is 2. The number of amides is 1. The highest BCUT2D eigenvalue weighted by Crippen LogP contribution is 2.32. The van der Waals surface area contributed by atoms with E-state index >= 15 is 0 Å². The molecule has 3 aromatic rings. The van der Waals surface area contributed by atoms with Gasteiger partial charge in [-0.2, -0.15) is 26.3 Å². The Morgan fingerprint density at radius 1 is 1.07 bits per heavy atom. The fourth-order valence-corrected chi connectivity index (χ4v) is 4.12. The van der Waals surface area contributed by atoms with Crippen LogP contribution in [0.25, 0.3) is 11.4 Å². The molecule has 0 radical (unpaired) electrons. The van der Waals surface area contributed by atoms with Crippen molar-refractivity contribution in [2.24, 2.45) is 0 Å². The lowest BCUT2D eigenvalue weighted by Gasteiger charge is -2.36. The number of carboxylic acid groups (broad SMARTS) is 1. The third kappa shape index (κ3) is 8.42. The van der Waals surface area contributed by atoms with E-state index < -0.39 is 29.8 Å². The number of hydrogen-bond donors (Lipinski definition) is 3. The number of aromatic nitrogens is 3. The largest absolute Gasteiger partial charge is 0.490 e. The van der Waals surface area contributed by atoms with Gasteiger partial charge in [0.05, 0.1) is 17.4 Å². The van der Waals surface area contributed by atoms with Crippen LogP contribution in [0, 0.1) is 6.92 Å².